The highest BCUT2D eigenvalue weighted by molar-refractivity contribution is 8.03. The lowest BCUT2D eigenvalue weighted by molar-refractivity contribution is 0.105. The molecule has 1 aliphatic rings. The molecule has 0 saturated heterocycles. The molecule has 0 radical (unpaired) electrons. The van der Waals surface area contributed by atoms with Crippen molar-refractivity contribution in [3.05, 3.63) is 0 Å². The molecule has 0 aromatic carbocycles. The topological polar surface area (TPSA) is 44.0 Å². The molecule has 0 bridgehead atoms. The molecule has 68 valence electrons. The van der Waals surface area contributed by atoms with Gasteiger partial charge < -0.3 is 5.11 Å². The zero-order valence-electron chi connectivity index (χ0n) is 7.25. The predicted octanol–water partition coefficient (Wildman–Crippen LogP) is 2.14. The van der Waals surface area contributed by atoms with Crippen LogP contribution in [0, 0.1) is 16.1 Å². The molecule has 0 atom stereocenters. The molecule has 0 aliphatic heterocycles. The number of hydrogen-bond acceptors (Lipinski definition) is 3. The first kappa shape index (κ1) is 9.88. The summed E-state index contributed by atoms with van der Waals surface area (Å²) < 4.78 is 0. The number of thiocyanates is 1. The van der Waals surface area contributed by atoms with Crippen LogP contribution in [0.1, 0.15) is 32.1 Å². The molecule has 0 heterocycles. The molecule has 1 aliphatic carbocycles. The van der Waals surface area contributed by atoms with Gasteiger partial charge in [0.25, 0.3) is 0 Å². The van der Waals surface area contributed by atoms with Crippen molar-refractivity contribution in [3.8, 4) is 5.40 Å². The fourth-order valence-corrected chi connectivity index (χ4v) is 2.59. The van der Waals surface area contributed by atoms with Crippen LogP contribution in [0.2, 0.25) is 0 Å². The largest absolute Gasteiger partial charge is 0.396 e. The standard InChI is InChI=1S/C9H15NOS/c10-8-12-7-9(6-11)4-2-1-3-5-9/h11H,1-7H2. The molecule has 12 heavy (non-hydrogen) atoms. The quantitative estimate of drug-likeness (QED) is 0.685. The van der Waals surface area contributed by atoms with Crippen molar-refractivity contribution in [3.63, 3.8) is 0 Å². The summed E-state index contributed by atoms with van der Waals surface area (Å²) in [7, 11) is 0. The second kappa shape index (κ2) is 4.74. The SMILES string of the molecule is N#CSCC1(CO)CCCCC1. The molecule has 0 unspecified atom stereocenters. The predicted molar refractivity (Wildman–Crippen MR) is 50.7 cm³/mol. The Labute approximate surface area is 78.0 Å². The van der Waals surface area contributed by atoms with Crippen molar-refractivity contribution in [2.24, 2.45) is 5.41 Å². The Morgan fingerprint density at radius 1 is 1.33 bits per heavy atom. The first-order valence-electron chi connectivity index (χ1n) is 4.45. The van der Waals surface area contributed by atoms with Crippen LogP contribution < -0.4 is 0 Å². The average Bonchev–Trinajstić information content (AvgIpc) is 2.16. The van der Waals surface area contributed by atoms with Crippen molar-refractivity contribution in [2.75, 3.05) is 12.4 Å². The molecule has 3 heteroatoms. The van der Waals surface area contributed by atoms with E-state index in [4.69, 9.17) is 5.26 Å². The number of aliphatic hydroxyl groups excluding tert-OH is 1. The summed E-state index contributed by atoms with van der Waals surface area (Å²) in [4.78, 5) is 0. The van der Waals surface area contributed by atoms with Crippen LogP contribution in [0.25, 0.3) is 0 Å². The minimum atomic E-state index is 0.0681. The third-order valence-corrected chi connectivity index (χ3v) is 3.58. The normalized spacial score (nSPS) is 21.7. The van der Waals surface area contributed by atoms with Crippen LogP contribution in [0.5, 0.6) is 0 Å². The number of nitriles is 1. The Balaban J connectivity index is 2.43. The van der Waals surface area contributed by atoms with Gasteiger partial charge in [-0.05, 0) is 24.6 Å². The highest BCUT2D eigenvalue weighted by Crippen LogP contribution is 2.38. The molecule has 1 N–H and O–H groups in total. The van der Waals surface area contributed by atoms with Gasteiger partial charge in [-0.1, -0.05) is 19.3 Å². The van der Waals surface area contributed by atoms with Gasteiger partial charge in [0, 0.05) is 17.8 Å². The van der Waals surface area contributed by atoms with Gasteiger partial charge in [-0.3, -0.25) is 0 Å². The number of nitrogens with zero attached hydrogens (tertiary/aromatic N) is 1. The van der Waals surface area contributed by atoms with Crippen LogP contribution in [0.3, 0.4) is 0 Å². The van der Waals surface area contributed by atoms with Crippen LogP contribution >= 0.6 is 11.8 Å². The summed E-state index contributed by atoms with van der Waals surface area (Å²) in [6, 6.07) is 0. The van der Waals surface area contributed by atoms with Crippen LogP contribution in [0.15, 0.2) is 0 Å². The molecule has 1 saturated carbocycles. The Kier molecular flexibility index (Phi) is 3.90. The van der Waals surface area contributed by atoms with E-state index in [2.05, 4.69) is 5.40 Å². The van der Waals surface area contributed by atoms with Crippen molar-refractivity contribution in [1.82, 2.24) is 0 Å². The van der Waals surface area contributed by atoms with Crippen LogP contribution in [-0.2, 0) is 0 Å². The molecule has 2 nitrogen and oxygen atoms in total. The third kappa shape index (κ3) is 2.40. The summed E-state index contributed by atoms with van der Waals surface area (Å²) in [5, 5.41) is 19.8. The van der Waals surface area contributed by atoms with E-state index >= 15 is 0 Å². The van der Waals surface area contributed by atoms with Gasteiger partial charge in [0.05, 0.1) is 0 Å². The zero-order chi connectivity index (χ0) is 8.86. The van der Waals surface area contributed by atoms with E-state index in [0.29, 0.717) is 0 Å². The summed E-state index contributed by atoms with van der Waals surface area (Å²) in [6.07, 6.45) is 5.91. The lowest BCUT2D eigenvalue weighted by atomic mass is 9.76. The van der Waals surface area contributed by atoms with E-state index in [9.17, 15) is 5.11 Å². The van der Waals surface area contributed by atoms with Gasteiger partial charge in [0.2, 0.25) is 0 Å². The van der Waals surface area contributed by atoms with Crippen LogP contribution in [-0.4, -0.2) is 17.5 Å². The molecule has 0 spiro atoms. The fourth-order valence-electron chi connectivity index (χ4n) is 1.84. The number of aliphatic hydroxyl groups is 1. The highest BCUT2D eigenvalue weighted by atomic mass is 32.2. The maximum absolute atomic E-state index is 9.25. The van der Waals surface area contributed by atoms with Gasteiger partial charge in [0.1, 0.15) is 5.40 Å². The molecule has 1 fully saturated rings. The molecule has 1 rings (SSSR count). The Morgan fingerprint density at radius 2 is 2.00 bits per heavy atom. The molecule has 0 aromatic heterocycles. The average molecular weight is 185 g/mol. The first-order chi connectivity index (χ1) is 5.83. The second-order valence-electron chi connectivity index (χ2n) is 3.60. The first-order valence-corrected chi connectivity index (χ1v) is 5.43. The van der Waals surface area contributed by atoms with Crippen LogP contribution in [0.4, 0.5) is 0 Å². The van der Waals surface area contributed by atoms with E-state index < -0.39 is 0 Å². The van der Waals surface area contributed by atoms with E-state index in [1.165, 1.54) is 31.0 Å². The van der Waals surface area contributed by atoms with Gasteiger partial charge >= 0.3 is 0 Å². The molecule has 0 aromatic rings. The monoisotopic (exact) mass is 185 g/mol. The number of hydrogen-bond donors (Lipinski definition) is 1. The number of thioether (sulfide) groups is 1. The van der Waals surface area contributed by atoms with Crippen molar-refractivity contribution in [1.29, 1.82) is 5.26 Å². The van der Waals surface area contributed by atoms with E-state index in [-0.39, 0.29) is 12.0 Å². The van der Waals surface area contributed by atoms with Crippen molar-refractivity contribution < 1.29 is 5.11 Å². The Morgan fingerprint density at radius 3 is 2.50 bits per heavy atom. The van der Waals surface area contributed by atoms with E-state index in [1.807, 2.05) is 0 Å². The van der Waals surface area contributed by atoms with Crippen molar-refractivity contribution >= 4 is 11.8 Å². The highest BCUT2D eigenvalue weighted by Gasteiger charge is 2.31. The molecule has 0 amide bonds. The lowest BCUT2D eigenvalue weighted by Crippen LogP contribution is -2.30. The summed E-state index contributed by atoms with van der Waals surface area (Å²) >= 11 is 1.28. The summed E-state index contributed by atoms with van der Waals surface area (Å²) in [5.41, 5.74) is 0.0681. The van der Waals surface area contributed by atoms with Gasteiger partial charge in [-0.15, -0.1) is 0 Å². The summed E-state index contributed by atoms with van der Waals surface area (Å²) in [6.45, 7) is 0.252. The number of rotatable bonds is 3. The molecular formula is C9H15NOS. The minimum Gasteiger partial charge on any atom is -0.396 e. The second-order valence-corrected chi connectivity index (χ2v) is 4.36. The Hall–Kier alpha value is -0.200. The Bertz CT molecular complexity index is 170. The van der Waals surface area contributed by atoms with Crippen molar-refractivity contribution in [2.45, 2.75) is 32.1 Å². The van der Waals surface area contributed by atoms with E-state index in [0.717, 1.165) is 18.6 Å². The maximum atomic E-state index is 9.25. The van der Waals surface area contributed by atoms with Gasteiger partial charge in [-0.2, -0.15) is 5.26 Å². The maximum Gasteiger partial charge on any atom is 0.133 e. The van der Waals surface area contributed by atoms with Gasteiger partial charge in [0.15, 0.2) is 0 Å². The third-order valence-electron chi connectivity index (χ3n) is 2.69. The molecular weight excluding hydrogens is 170 g/mol. The zero-order valence-corrected chi connectivity index (χ0v) is 8.07. The smallest absolute Gasteiger partial charge is 0.133 e. The fraction of sp³-hybridized carbons (Fsp3) is 0.889. The summed E-state index contributed by atoms with van der Waals surface area (Å²) in [5.74, 6) is 0.806. The van der Waals surface area contributed by atoms with Gasteiger partial charge in [-0.25, -0.2) is 0 Å². The van der Waals surface area contributed by atoms with E-state index in [1.54, 1.807) is 0 Å². The lowest BCUT2D eigenvalue weighted by Gasteiger charge is -2.34. The minimum absolute atomic E-state index is 0.0681.